The summed E-state index contributed by atoms with van der Waals surface area (Å²) in [5, 5.41) is 0. The monoisotopic (exact) mass is 216 g/mol. The lowest BCUT2D eigenvalue weighted by molar-refractivity contribution is 0.413. The zero-order chi connectivity index (χ0) is 11.2. The summed E-state index contributed by atoms with van der Waals surface area (Å²) in [6, 6.07) is 8.35. The molecule has 0 saturated heterocycles. The van der Waals surface area contributed by atoms with Crippen LogP contribution in [0.3, 0.4) is 0 Å². The number of para-hydroxylation sites is 1. The summed E-state index contributed by atoms with van der Waals surface area (Å²) in [6.07, 6.45) is 10.2. The highest BCUT2D eigenvalue weighted by Gasteiger charge is 2.08. The Hall–Kier alpha value is -1.24. The average molecular weight is 216 g/mol. The fourth-order valence-electron chi connectivity index (χ4n) is 2.35. The third kappa shape index (κ3) is 2.66. The summed E-state index contributed by atoms with van der Waals surface area (Å²) < 4.78 is 5.43. The van der Waals surface area contributed by atoms with Crippen LogP contribution >= 0.6 is 0 Å². The van der Waals surface area contributed by atoms with Crippen molar-refractivity contribution in [3.63, 3.8) is 0 Å². The van der Waals surface area contributed by atoms with Gasteiger partial charge in [0.25, 0.3) is 0 Å². The van der Waals surface area contributed by atoms with Crippen molar-refractivity contribution >= 4 is 5.57 Å². The summed E-state index contributed by atoms with van der Waals surface area (Å²) in [5.74, 6) is 1.01. The summed E-state index contributed by atoms with van der Waals surface area (Å²) in [6.45, 7) is 0. The zero-order valence-electron chi connectivity index (χ0n) is 10.0. The van der Waals surface area contributed by atoms with Crippen LogP contribution in [0.15, 0.2) is 30.3 Å². The van der Waals surface area contributed by atoms with Crippen LogP contribution in [-0.4, -0.2) is 7.11 Å². The van der Waals surface area contributed by atoms with Crippen molar-refractivity contribution in [2.75, 3.05) is 7.11 Å². The van der Waals surface area contributed by atoms with Gasteiger partial charge in [0, 0.05) is 5.56 Å². The number of hydrogen-bond acceptors (Lipinski definition) is 1. The van der Waals surface area contributed by atoms with E-state index in [1.54, 1.807) is 7.11 Å². The minimum absolute atomic E-state index is 1.01. The minimum Gasteiger partial charge on any atom is -0.496 e. The lowest BCUT2D eigenvalue weighted by Crippen LogP contribution is -1.94. The molecular weight excluding hydrogens is 196 g/mol. The Balaban J connectivity index is 2.26. The summed E-state index contributed by atoms with van der Waals surface area (Å²) >= 11 is 0. The van der Waals surface area contributed by atoms with Crippen LogP contribution < -0.4 is 4.74 Å². The van der Waals surface area contributed by atoms with Crippen molar-refractivity contribution in [1.29, 1.82) is 0 Å². The van der Waals surface area contributed by atoms with Gasteiger partial charge in [-0.05, 0) is 37.3 Å². The van der Waals surface area contributed by atoms with E-state index in [2.05, 4.69) is 24.3 Å². The number of ether oxygens (including phenoxy) is 1. The van der Waals surface area contributed by atoms with Gasteiger partial charge in [-0.1, -0.05) is 37.1 Å². The summed E-state index contributed by atoms with van der Waals surface area (Å²) in [5.41, 5.74) is 2.75. The van der Waals surface area contributed by atoms with E-state index in [0.717, 1.165) is 5.75 Å². The molecule has 1 aliphatic carbocycles. The molecule has 1 aliphatic rings. The molecule has 1 heteroatoms. The fourth-order valence-corrected chi connectivity index (χ4v) is 2.35. The van der Waals surface area contributed by atoms with Crippen LogP contribution in [0.25, 0.3) is 5.57 Å². The largest absolute Gasteiger partial charge is 0.496 e. The quantitative estimate of drug-likeness (QED) is 0.710. The maximum absolute atomic E-state index is 5.43. The van der Waals surface area contributed by atoms with Crippen LogP contribution in [0.4, 0.5) is 0 Å². The Morgan fingerprint density at radius 3 is 2.69 bits per heavy atom. The van der Waals surface area contributed by atoms with Crippen molar-refractivity contribution < 1.29 is 4.74 Å². The molecule has 2 rings (SSSR count). The number of methoxy groups -OCH3 is 1. The predicted octanol–water partition coefficient (Wildman–Crippen LogP) is 4.43. The van der Waals surface area contributed by atoms with Crippen molar-refractivity contribution in [3.8, 4) is 5.75 Å². The maximum atomic E-state index is 5.43. The van der Waals surface area contributed by atoms with Gasteiger partial charge in [-0.25, -0.2) is 0 Å². The Bertz CT molecular complexity index is 365. The first-order valence-electron chi connectivity index (χ1n) is 6.24. The SMILES string of the molecule is COc1ccccc1/C1=C\CCCCCC1. The number of benzene rings is 1. The highest BCUT2D eigenvalue weighted by Crippen LogP contribution is 2.31. The number of rotatable bonds is 2. The molecule has 0 radical (unpaired) electrons. The van der Waals surface area contributed by atoms with Gasteiger partial charge in [-0.3, -0.25) is 0 Å². The lowest BCUT2D eigenvalue weighted by Gasteiger charge is -2.14. The molecule has 0 saturated carbocycles. The molecule has 0 spiro atoms. The van der Waals surface area contributed by atoms with Crippen LogP contribution in [0.5, 0.6) is 5.75 Å². The normalized spacial score (nSPS) is 20.4. The number of allylic oxidation sites excluding steroid dienone is 2. The van der Waals surface area contributed by atoms with Crippen LogP contribution in [0.2, 0.25) is 0 Å². The highest BCUT2D eigenvalue weighted by atomic mass is 16.5. The van der Waals surface area contributed by atoms with Crippen molar-refractivity contribution in [2.24, 2.45) is 0 Å². The first kappa shape index (κ1) is 11.3. The Morgan fingerprint density at radius 1 is 1.00 bits per heavy atom. The summed E-state index contributed by atoms with van der Waals surface area (Å²) in [4.78, 5) is 0. The molecular formula is C15H20O. The Kier molecular flexibility index (Phi) is 4.03. The van der Waals surface area contributed by atoms with E-state index in [4.69, 9.17) is 4.74 Å². The van der Waals surface area contributed by atoms with Gasteiger partial charge >= 0.3 is 0 Å². The molecule has 0 aliphatic heterocycles. The van der Waals surface area contributed by atoms with Gasteiger partial charge < -0.3 is 4.74 Å². The molecule has 0 bridgehead atoms. The lowest BCUT2D eigenvalue weighted by atomic mass is 9.94. The standard InChI is InChI=1S/C15H20O/c1-16-15-12-8-7-11-14(15)13-9-5-3-2-4-6-10-13/h7-9,11-12H,2-6,10H2,1H3/b13-9-. The highest BCUT2D eigenvalue weighted by molar-refractivity contribution is 5.70. The first-order valence-corrected chi connectivity index (χ1v) is 6.24. The molecule has 0 N–H and O–H groups in total. The van der Waals surface area contributed by atoms with Gasteiger partial charge in [-0.15, -0.1) is 0 Å². The first-order chi connectivity index (χ1) is 7.92. The zero-order valence-corrected chi connectivity index (χ0v) is 10.0. The summed E-state index contributed by atoms with van der Waals surface area (Å²) in [7, 11) is 1.75. The van der Waals surface area contributed by atoms with E-state index in [-0.39, 0.29) is 0 Å². The third-order valence-corrected chi connectivity index (χ3v) is 3.24. The van der Waals surface area contributed by atoms with E-state index in [1.807, 2.05) is 6.07 Å². The van der Waals surface area contributed by atoms with E-state index in [9.17, 15) is 0 Å². The predicted molar refractivity (Wildman–Crippen MR) is 68.7 cm³/mol. The Morgan fingerprint density at radius 2 is 1.81 bits per heavy atom. The molecule has 0 unspecified atom stereocenters. The van der Waals surface area contributed by atoms with Crippen LogP contribution in [0.1, 0.15) is 44.1 Å². The van der Waals surface area contributed by atoms with Crippen molar-refractivity contribution in [1.82, 2.24) is 0 Å². The fraction of sp³-hybridized carbons (Fsp3) is 0.467. The van der Waals surface area contributed by atoms with Gasteiger partial charge in [0.2, 0.25) is 0 Å². The topological polar surface area (TPSA) is 9.23 Å². The van der Waals surface area contributed by atoms with E-state index < -0.39 is 0 Å². The maximum Gasteiger partial charge on any atom is 0.126 e. The molecule has 16 heavy (non-hydrogen) atoms. The van der Waals surface area contributed by atoms with Gasteiger partial charge in [0.1, 0.15) is 5.75 Å². The van der Waals surface area contributed by atoms with E-state index in [1.165, 1.54) is 49.7 Å². The molecule has 0 atom stereocenters. The van der Waals surface area contributed by atoms with Crippen molar-refractivity contribution in [2.45, 2.75) is 38.5 Å². The molecule has 0 fully saturated rings. The van der Waals surface area contributed by atoms with Gasteiger partial charge in [0.05, 0.1) is 7.11 Å². The third-order valence-electron chi connectivity index (χ3n) is 3.24. The van der Waals surface area contributed by atoms with E-state index >= 15 is 0 Å². The average Bonchev–Trinajstić information content (AvgIpc) is 2.29. The molecule has 1 aromatic carbocycles. The molecule has 0 heterocycles. The van der Waals surface area contributed by atoms with Gasteiger partial charge in [-0.2, -0.15) is 0 Å². The number of hydrogen-bond donors (Lipinski definition) is 0. The smallest absolute Gasteiger partial charge is 0.126 e. The minimum atomic E-state index is 1.01. The van der Waals surface area contributed by atoms with Gasteiger partial charge in [0.15, 0.2) is 0 Å². The Labute approximate surface area is 98.1 Å². The van der Waals surface area contributed by atoms with Crippen LogP contribution in [-0.2, 0) is 0 Å². The van der Waals surface area contributed by atoms with E-state index in [0.29, 0.717) is 0 Å². The molecule has 86 valence electrons. The second-order valence-electron chi connectivity index (χ2n) is 4.38. The molecule has 0 aromatic heterocycles. The second kappa shape index (κ2) is 5.74. The molecule has 0 amide bonds. The molecule has 1 aromatic rings. The molecule has 1 nitrogen and oxygen atoms in total. The van der Waals surface area contributed by atoms with Crippen LogP contribution in [0, 0.1) is 0 Å². The van der Waals surface area contributed by atoms with Crippen molar-refractivity contribution in [3.05, 3.63) is 35.9 Å². The second-order valence-corrected chi connectivity index (χ2v) is 4.38.